The van der Waals surface area contributed by atoms with Crippen molar-refractivity contribution in [1.82, 2.24) is 20.2 Å². The lowest BCUT2D eigenvalue weighted by Crippen LogP contribution is -2.30. The smallest absolute Gasteiger partial charge is 0.328 e. The van der Waals surface area contributed by atoms with E-state index >= 15 is 0 Å². The molecule has 3 aromatic rings. The van der Waals surface area contributed by atoms with Crippen LogP contribution in [0.15, 0.2) is 46.1 Å². The van der Waals surface area contributed by atoms with Crippen LogP contribution >= 0.6 is 0 Å². The summed E-state index contributed by atoms with van der Waals surface area (Å²) in [5.41, 5.74) is 0.978. The second kappa shape index (κ2) is 4.20. The summed E-state index contributed by atoms with van der Waals surface area (Å²) in [6.07, 6.45) is 1.63. The van der Waals surface area contributed by atoms with Gasteiger partial charge in [0.05, 0.1) is 17.7 Å². The summed E-state index contributed by atoms with van der Waals surface area (Å²) in [6.45, 7) is 0. The van der Waals surface area contributed by atoms with Crippen LogP contribution in [0.2, 0.25) is 0 Å². The van der Waals surface area contributed by atoms with Gasteiger partial charge < -0.3 is 4.74 Å². The number of hydrogen-bond acceptors (Lipinski definition) is 4. The Morgan fingerprint density at radius 3 is 2.67 bits per heavy atom. The third-order valence-electron chi connectivity index (χ3n) is 3.51. The molecule has 104 valence electrons. The predicted molar refractivity (Wildman–Crippen MR) is 73.7 cm³/mol. The monoisotopic (exact) mass is 282 g/mol. The zero-order chi connectivity index (χ0) is 14.4. The van der Waals surface area contributed by atoms with Crippen LogP contribution in [0, 0.1) is 0 Å². The SMILES string of the molecule is O=c1[nH]c2c(c(=O)[nH]1)C(c1ccccc1)c1cn[nH]c1O2. The number of nitrogens with zero attached hydrogens (tertiary/aromatic N) is 1. The molecule has 21 heavy (non-hydrogen) atoms. The third-order valence-corrected chi connectivity index (χ3v) is 3.51. The van der Waals surface area contributed by atoms with Gasteiger partial charge in [-0.2, -0.15) is 5.10 Å². The fraction of sp³-hybridized carbons (Fsp3) is 0.0714. The van der Waals surface area contributed by atoms with Gasteiger partial charge in [0.1, 0.15) is 0 Å². The number of H-pyrrole nitrogens is 3. The molecule has 1 aromatic carbocycles. The number of rotatable bonds is 1. The molecule has 0 radical (unpaired) electrons. The summed E-state index contributed by atoms with van der Waals surface area (Å²) in [7, 11) is 0. The maximum atomic E-state index is 12.2. The van der Waals surface area contributed by atoms with Gasteiger partial charge >= 0.3 is 5.69 Å². The first-order chi connectivity index (χ1) is 10.2. The number of nitrogens with one attached hydrogen (secondary N) is 3. The Morgan fingerprint density at radius 1 is 1.05 bits per heavy atom. The largest absolute Gasteiger partial charge is 0.422 e. The average Bonchev–Trinajstić information content (AvgIpc) is 2.93. The molecule has 0 amide bonds. The molecule has 3 heterocycles. The molecule has 1 atom stereocenters. The second-order valence-corrected chi connectivity index (χ2v) is 4.75. The minimum Gasteiger partial charge on any atom is -0.422 e. The normalized spacial score (nSPS) is 15.9. The molecule has 0 fully saturated rings. The lowest BCUT2D eigenvalue weighted by molar-refractivity contribution is 0.412. The van der Waals surface area contributed by atoms with Crippen LogP contribution in [-0.2, 0) is 0 Å². The molecular formula is C14H10N4O3. The highest BCUT2D eigenvalue weighted by Gasteiger charge is 2.33. The Labute approximate surface area is 117 Å². The molecule has 1 aliphatic rings. The van der Waals surface area contributed by atoms with Gasteiger partial charge in [0, 0.05) is 5.56 Å². The van der Waals surface area contributed by atoms with E-state index in [1.807, 2.05) is 30.3 Å². The molecule has 0 spiro atoms. The summed E-state index contributed by atoms with van der Waals surface area (Å²) in [5, 5.41) is 6.69. The Balaban J connectivity index is 2.05. The van der Waals surface area contributed by atoms with Crippen molar-refractivity contribution in [3.8, 4) is 11.8 Å². The zero-order valence-electron chi connectivity index (χ0n) is 10.7. The summed E-state index contributed by atoms with van der Waals surface area (Å²) < 4.78 is 5.54. The van der Waals surface area contributed by atoms with Crippen molar-refractivity contribution < 1.29 is 4.74 Å². The zero-order valence-corrected chi connectivity index (χ0v) is 10.7. The van der Waals surface area contributed by atoms with Crippen LogP contribution in [0.25, 0.3) is 0 Å². The number of hydrogen-bond donors (Lipinski definition) is 3. The van der Waals surface area contributed by atoms with Gasteiger partial charge in [0.25, 0.3) is 5.56 Å². The Bertz CT molecular complexity index is 923. The average molecular weight is 282 g/mol. The third kappa shape index (κ3) is 1.71. The van der Waals surface area contributed by atoms with Crippen LogP contribution in [-0.4, -0.2) is 20.2 Å². The maximum Gasteiger partial charge on any atom is 0.328 e. The van der Waals surface area contributed by atoms with Crippen molar-refractivity contribution in [3.63, 3.8) is 0 Å². The first-order valence-corrected chi connectivity index (χ1v) is 6.36. The summed E-state index contributed by atoms with van der Waals surface area (Å²) in [6, 6.07) is 9.52. The molecule has 0 bridgehead atoms. The topological polar surface area (TPSA) is 104 Å². The quantitative estimate of drug-likeness (QED) is 0.486. The number of aromatic amines is 3. The van der Waals surface area contributed by atoms with Crippen molar-refractivity contribution in [2.45, 2.75) is 5.92 Å². The van der Waals surface area contributed by atoms with Crippen LogP contribution in [0.5, 0.6) is 11.8 Å². The minimum absolute atomic E-state index is 0.148. The van der Waals surface area contributed by atoms with E-state index in [9.17, 15) is 9.59 Å². The Morgan fingerprint density at radius 2 is 1.86 bits per heavy atom. The first-order valence-electron chi connectivity index (χ1n) is 6.36. The van der Waals surface area contributed by atoms with Gasteiger partial charge in [-0.1, -0.05) is 30.3 Å². The molecule has 7 heteroatoms. The highest BCUT2D eigenvalue weighted by Crippen LogP contribution is 2.43. The molecular weight excluding hydrogens is 272 g/mol. The highest BCUT2D eigenvalue weighted by molar-refractivity contribution is 5.52. The van der Waals surface area contributed by atoms with E-state index in [-0.39, 0.29) is 11.8 Å². The summed E-state index contributed by atoms with van der Waals surface area (Å²) in [5.74, 6) is 0.233. The molecule has 0 aliphatic carbocycles. The van der Waals surface area contributed by atoms with E-state index in [2.05, 4.69) is 20.2 Å². The summed E-state index contributed by atoms with van der Waals surface area (Å²) in [4.78, 5) is 28.4. The van der Waals surface area contributed by atoms with Gasteiger partial charge in [-0.05, 0) is 5.56 Å². The molecule has 1 unspecified atom stereocenters. The lowest BCUT2D eigenvalue weighted by atomic mass is 9.86. The van der Waals surface area contributed by atoms with Crippen molar-refractivity contribution in [1.29, 1.82) is 0 Å². The molecule has 0 saturated carbocycles. The fourth-order valence-corrected chi connectivity index (χ4v) is 2.64. The van der Waals surface area contributed by atoms with E-state index in [1.165, 1.54) is 0 Å². The maximum absolute atomic E-state index is 12.2. The van der Waals surface area contributed by atoms with Crippen LogP contribution in [0.1, 0.15) is 22.6 Å². The van der Waals surface area contributed by atoms with Gasteiger partial charge in [-0.25, -0.2) is 9.89 Å². The van der Waals surface area contributed by atoms with Crippen molar-refractivity contribution in [2.75, 3.05) is 0 Å². The number of benzene rings is 1. The Hall–Kier alpha value is -3.09. The van der Waals surface area contributed by atoms with E-state index in [0.717, 1.165) is 11.1 Å². The fourth-order valence-electron chi connectivity index (χ4n) is 2.64. The van der Waals surface area contributed by atoms with E-state index < -0.39 is 11.2 Å². The van der Waals surface area contributed by atoms with Crippen molar-refractivity contribution >= 4 is 0 Å². The predicted octanol–water partition coefficient (Wildman–Crippen LogP) is 1.07. The van der Waals surface area contributed by atoms with Gasteiger partial charge in [0.2, 0.25) is 11.8 Å². The number of ether oxygens (including phenoxy) is 1. The van der Waals surface area contributed by atoms with E-state index in [1.54, 1.807) is 6.20 Å². The van der Waals surface area contributed by atoms with Gasteiger partial charge in [0.15, 0.2) is 0 Å². The molecule has 0 saturated heterocycles. The van der Waals surface area contributed by atoms with E-state index in [0.29, 0.717) is 11.4 Å². The Kier molecular flexibility index (Phi) is 2.34. The molecule has 7 nitrogen and oxygen atoms in total. The van der Waals surface area contributed by atoms with E-state index in [4.69, 9.17) is 4.74 Å². The number of fused-ring (bicyclic) bond motifs is 2. The van der Waals surface area contributed by atoms with Crippen LogP contribution < -0.4 is 16.0 Å². The van der Waals surface area contributed by atoms with Gasteiger partial charge in [-0.15, -0.1) is 0 Å². The minimum atomic E-state index is -0.603. The molecule has 4 rings (SSSR count). The molecule has 2 aromatic heterocycles. The second-order valence-electron chi connectivity index (χ2n) is 4.75. The molecule has 1 aliphatic heterocycles. The standard InChI is InChI=1S/C14H10N4O3/c19-11-10-9(7-4-2-1-3-5-7)8-6-15-18-12(8)21-13(10)17-14(20)16-11/h1-6,9H,(H,15,18)(H2,16,17,19,20). The first kappa shape index (κ1) is 11.7. The lowest BCUT2D eigenvalue weighted by Gasteiger charge is -2.23. The van der Waals surface area contributed by atoms with Crippen LogP contribution in [0.3, 0.4) is 0 Å². The van der Waals surface area contributed by atoms with Crippen molar-refractivity contribution in [2.24, 2.45) is 0 Å². The van der Waals surface area contributed by atoms with Gasteiger partial charge in [-0.3, -0.25) is 14.8 Å². The highest BCUT2D eigenvalue weighted by atomic mass is 16.5. The van der Waals surface area contributed by atoms with Crippen LogP contribution in [0.4, 0.5) is 0 Å². The summed E-state index contributed by atoms with van der Waals surface area (Å²) >= 11 is 0. The van der Waals surface area contributed by atoms with Crippen molar-refractivity contribution in [3.05, 3.63) is 74.1 Å². The number of aromatic nitrogens is 4. The molecule has 3 N–H and O–H groups in total.